The van der Waals surface area contributed by atoms with Crippen LogP contribution in [0.3, 0.4) is 0 Å². The minimum atomic E-state index is -0.0197. The van der Waals surface area contributed by atoms with Gasteiger partial charge in [-0.3, -0.25) is 14.5 Å². The van der Waals surface area contributed by atoms with Crippen LogP contribution in [0.2, 0.25) is 0 Å². The van der Waals surface area contributed by atoms with E-state index in [4.69, 9.17) is 0 Å². The molecule has 0 aromatic rings. The molecule has 0 bridgehead atoms. The van der Waals surface area contributed by atoms with E-state index in [1.54, 1.807) is 6.92 Å². The molecule has 1 amide bonds. The summed E-state index contributed by atoms with van der Waals surface area (Å²) in [4.78, 5) is 24.1. The highest BCUT2D eigenvalue weighted by atomic mass is 16.1. The number of rotatable bonds is 3. The molecule has 1 N–H and O–H groups in total. The van der Waals surface area contributed by atoms with Crippen molar-refractivity contribution in [2.24, 2.45) is 0 Å². The molecule has 0 aliphatic carbocycles. The number of nitrogens with zero attached hydrogens (tertiary/aromatic N) is 1. The number of hydrogen-bond acceptors (Lipinski definition) is 3. The Morgan fingerprint density at radius 1 is 1.43 bits per heavy atom. The zero-order chi connectivity index (χ0) is 10.7. The van der Waals surface area contributed by atoms with Crippen LogP contribution in [-0.2, 0) is 9.59 Å². The first kappa shape index (κ1) is 11.2. The number of ketones is 1. The van der Waals surface area contributed by atoms with Gasteiger partial charge in [-0.1, -0.05) is 0 Å². The molecule has 1 aliphatic rings. The molecule has 2 unspecified atom stereocenters. The molecule has 0 aromatic carbocycles. The number of hydrogen-bond donors (Lipinski definition) is 1. The van der Waals surface area contributed by atoms with Gasteiger partial charge in [-0.25, -0.2) is 0 Å². The van der Waals surface area contributed by atoms with Crippen molar-refractivity contribution in [1.82, 2.24) is 10.2 Å². The fourth-order valence-electron chi connectivity index (χ4n) is 1.80. The quantitative estimate of drug-likeness (QED) is 0.703. The van der Waals surface area contributed by atoms with Crippen LogP contribution in [0.4, 0.5) is 0 Å². The summed E-state index contributed by atoms with van der Waals surface area (Å²) in [5.74, 6) is 0.195. The summed E-state index contributed by atoms with van der Waals surface area (Å²) in [6.45, 7) is 6.73. The lowest BCUT2D eigenvalue weighted by atomic mass is 10.2. The van der Waals surface area contributed by atoms with Gasteiger partial charge in [0.05, 0.1) is 6.04 Å². The molecule has 1 aliphatic heterocycles. The Morgan fingerprint density at radius 3 is 2.57 bits per heavy atom. The summed E-state index contributed by atoms with van der Waals surface area (Å²) in [5, 5.41) is 2.87. The molecule has 0 radical (unpaired) electrons. The van der Waals surface area contributed by atoms with Crippen molar-refractivity contribution in [3.05, 3.63) is 0 Å². The summed E-state index contributed by atoms with van der Waals surface area (Å²) >= 11 is 0. The predicted molar refractivity (Wildman–Crippen MR) is 53.9 cm³/mol. The van der Waals surface area contributed by atoms with E-state index >= 15 is 0 Å². The van der Waals surface area contributed by atoms with Crippen molar-refractivity contribution in [2.45, 2.75) is 39.3 Å². The Hall–Kier alpha value is -0.900. The topological polar surface area (TPSA) is 49.4 Å². The molecule has 0 aromatic heterocycles. The van der Waals surface area contributed by atoms with Crippen LogP contribution in [-0.4, -0.2) is 41.8 Å². The number of carbonyl (C=O) groups excluding carboxylic acids is 2. The highest BCUT2D eigenvalue weighted by Gasteiger charge is 2.27. The van der Waals surface area contributed by atoms with E-state index < -0.39 is 0 Å². The third-order valence-corrected chi connectivity index (χ3v) is 2.76. The molecule has 1 saturated heterocycles. The summed E-state index contributed by atoms with van der Waals surface area (Å²) < 4.78 is 0. The van der Waals surface area contributed by atoms with E-state index in [0.717, 1.165) is 19.5 Å². The van der Waals surface area contributed by atoms with Crippen molar-refractivity contribution in [2.75, 3.05) is 13.1 Å². The Kier molecular flexibility index (Phi) is 3.63. The smallest absolute Gasteiger partial charge is 0.217 e. The number of nitrogens with one attached hydrogen (secondary N) is 1. The predicted octanol–water partition coefficient (Wildman–Crippen LogP) is 0.174. The molecule has 0 saturated carbocycles. The second kappa shape index (κ2) is 4.55. The molecule has 1 heterocycles. The molecule has 0 spiro atoms. The Balaban J connectivity index is 2.41. The van der Waals surface area contributed by atoms with E-state index in [2.05, 4.69) is 10.2 Å². The molecule has 4 nitrogen and oxygen atoms in total. The largest absolute Gasteiger partial charge is 0.352 e. The Morgan fingerprint density at radius 2 is 2.07 bits per heavy atom. The first-order valence-electron chi connectivity index (χ1n) is 5.02. The van der Waals surface area contributed by atoms with Gasteiger partial charge in [0.15, 0.2) is 0 Å². The van der Waals surface area contributed by atoms with Crippen LogP contribution in [0, 0.1) is 0 Å². The van der Waals surface area contributed by atoms with Gasteiger partial charge in [0, 0.05) is 26.1 Å². The maximum Gasteiger partial charge on any atom is 0.217 e. The van der Waals surface area contributed by atoms with Gasteiger partial charge < -0.3 is 5.32 Å². The summed E-state index contributed by atoms with van der Waals surface area (Å²) in [6, 6.07) is 0.197. The van der Waals surface area contributed by atoms with Gasteiger partial charge in [-0.05, 0) is 20.3 Å². The Labute approximate surface area is 84.7 Å². The SMILES string of the molecule is CC(=O)NC1CCN(C(C)C(C)=O)C1. The first-order chi connectivity index (χ1) is 6.50. The molecule has 80 valence electrons. The monoisotopic (exact) mass is 198 g/mol. The fraction of sp³-hybridized carbons (Fsp3) is 0.800. The molecule has 1 rings (SSSR count). The molecule has 1 fully saturated rings. The molecular formula is C10H18N2O2. The van der Waals surface area contributed by atoms with Crippen LogP contribution in [0.25, 0.3) is 0 Å². The lowest BCUT2D eigenvalue weighted by Crippen LogP contribution is -2.40. The van der Waals surface area contributed by atoms with Crippen LogP contribution in [0.15, 0.2) is 0 Å². The highest BCUT2D eigenvalue weighted by molar-refractivity contribution is 5.81. The van der Waals surface area contributed by atoms with Crippen molar-refractivity contribution in [3.8, 4) is 0 Å². The second-order valence-corrected chi connectivity index (χ2v) is 3.97. The van der Waals surface area contributed by atoms with Gasteiger partial charge >= 0.3 is 0 Å². The van der Waals surface area contributed by atoms with Gasteiger partial charge in [0.1, 0.15) is 5.78 Å². The van der Waals surface area contributed by atoms with Gasteiger partial charge in [-0.15, -0.1) is 0 Å². The molecule has 2 atom stereocenters. The maximum absolute atomic E-state index is 11.1. The summed E-state index contributed by atoms with van der Waals surface area (Å²) in [7, 11) is 0. The van der Waals surface area contributed by atoms with E-state index in [1.165, 1.54) is 6.92 Å². The minimum Gasteiger partial charge on any atom is -0.352 e. The van der Waals surface area contributed by atoms with Crippen LogP contribution in [0.5, 0.6) is 0 Å². The van der Waals surface area contributed by atoms with Gasteiger partial charge in [0.2, 0.25) is 5.91 Å². The van der Waals surface area contributed by atoms with Crippen LogP contribution >= 0.6 is 0 Å². The van der Waals surface area contributed by atoms with Gasteiger partial charge in [0.25, 0.3) is 0 Å². The van der Waals surface area contributed by atoms with Crippen molar-refractivity contribution in [1.29, 1.82) is 0 Å². The summed E-state index contributed by atoms with van der Waals surface area (Å²) in [6.07, 6.45) is 0.942. The van der Waals surface area contributed by atoms with E-state index in [0.29, 0.717) is 0 Å². The van der Waals surface area contributed by atoms with Crippen LogP contribution in [0.1, 0.15) is 27.2 Å². The average molecular weight is 198 g/mol. The lowest BCUT2D eigenvalue weighted by molar-refractivity contribution is -0.121. The van der Waals surface area contributed by atoms with Gasteiger partial charge in [-0.2, -0.15) is 0 Å². The van der Waals surface area contributed by atoms with Crippen molar-refractivity contribution >= 4 is 11.7 Å². The number of Topliss-reactive ketones (excluding diaryl/α,β-unsaturated/α-hetero) is 1. The lowest BCUT2D eigenvalue weighted by Gasteiger charge is -2.21. The zero-order valence-corrected chi connectivity index (χ0v) is 9.04. The highest BCUT2D eigenvalue weighted by Crippen LogP contribution is 2.12. The molecule has 14 heavy (non-hydrogen) atoms. The molecule has 4 heteroatoms. The fourth-order valence-corrected chi connectivity index (χ4v) is 1.80. The van der Waals surface area contributed by atoms with Crippen LogP contribution < -0.4 is 5.32 Å². The average Bonchev–Trinajstić information content (AvgIpc) is 2.50. The molecular weight excluding hydrogens is 180 g/mol. The maximum atomic E-state index is 11.1. The van der Waals surface area contributed by atoms with E-state index in [-0.39, 0.29) is 23.8 Å². The number of carbonyl (C=O) groups is 2. The second-order valence-electron chi connectivity index (χ2n) is 3.97. The Bertz CT molecular complexity index is 240. The minimum absolute atomic E-state index is 0.00679. The van der Waals surface area contributed by atoms with E-state index in [1.807, 2.05) is 6.92 Å². The first-order valence-corrected chi connectivity index (χ1v) is 5.02. The number of amides is 1. The third-order valence-electron chi connectivity index (χ3n) is 2.76. The zero-order valence-electron chi connectivity index (χ0n) is 9.04. The van der Waals surface area contributed by atoms with Crippen molar-refractivity contribution in [3.63, 3.8) is 0 Å². The standard InChI is InChI=1S/C10H18N2O2/c1-7(8(2)13)12-5-4-10(6-12)11-9(3)14/h7,10H,4-6H2,1-3H3,(H,11,14). The van der Waals surface area contributed by atoms with E-state index in [9.17, 15) is 9.59 Å². The number of likely N-dealkylation sites (tertiary alicyclic amines) is 1. The normalized spacial score (nSPS) is 24.6. The third kappa shape index (κ3) is 2.80. The summed E-state index contributed by atoms with van der Waals surface area (Å²) in [5.41, 5.74) is 0. The van der Waals surface area contributed by atoms with Crippen molar-refractivity contribution < 1.29 is 9.59 Å².